The van der Waals surface area contributed by atoms with Gasteiger partial charge in [0.15, 0.2) is 15.1 Å². The number of aliphatic hydroxyl groups is 1. The summed E-state index contributed by atoms with van der Waals surface area (Å²) in [5.41, 5.74) is 6.98. The van der Waals surface area contributed by atoms with Crippen LogP contribution in [0.3, 0.4) is 0 Å². The molecule has 37 heavy (non-hydrogen) atoms. The molecule has 0 spiro atoms. The number of fused-ring (bicyclic) bond motifs is 1. The maximum atomic E-state index is 15.0. The van der Waals surface area contributed by atoms with Crippen LogP contribution < -0.4 is 16.4 Å². The summed E-state index contributed by atoms with van der Waals surface area (Å²) in [4.78, 5) is 33.3. The Bertz CT molecular complexity index is 1440. The van der Waals surface area contributed by atoms with Crippen molar-refractivity contribution in [1.29, 1.82) is 0 Å². The monoisotopic (exact) mass is 551 g/mol. The number of carbonyl (C=O) groups excluding carboxylic acids is 2. The lowest BCUT2D eigenvalue weighted by Crippen LogP contribution is -2.41. The van der Waals surface area contributed by atoms with Gasteiger partial charge < -0.3 is 26.2 Å². The molecule has 1 fully saturated rings. The number of thiazole rings is 1. The fourth-order valence-corrected chi connectivity index (χ4v) is 6.56. The lowest BCUT2D eigenvalue weighted by atomic mass is 10.1. The first-order chi connectivity index (χ1) is 17.6. The second-order valence-electron chi connectivity index (χ2n) is 8.57. The van der Waals surface area contributed by atoms with Gasteiger partial charge in [0.1, 0.15) is 10.8 Å². The topological polar surface area (TPSA) is 174 Å². The van der Waals surface area contributed by atoms with Gasteiger partial charge in [0, 0.05) is 36.5 Å². The standard InChI is InChI=1S/C23H26FN5O6S2/c1-35-4-5-37(33,34)21(22(32)27-10-20(31)28-13-2-3-13)23-29-17-8-15(24)14(7-19(17)36-23)12-6-16(25)18(11-30)26-9-12/h6-9,13,21,30H,2-5,10-11,25H2,1H3,(H,27,32)(H,28,31). The Morgan fingerprint density at radius 1 is 1.32 bits per heavy atom. The molecule has 2 heterocycles. The van der Waals surface area contributed by atoms with Gasteiger partial charge in [0.2, 0.25) is 11.8 Å². The summed E-state index contributed by atoms with van der Waals surface area (Å²) in [6, 6.07) is 4.17. The minimum atomic E-state index is -4.09. The molecule has 1 saturated carbocycles. The number of ether oxygens (including phenoxy) is 1. The first-order valence-corrected chi connectivity index (χ1v) is 13.9. The van der Waals surface area contributed by atoms with Crippen molar-refractivity contribution in [3.05, 3.63) is 40.9 Å². The van der Waals surface area contributed by atoms with Crippen LogP contribution in [0, 0.1) is 5.82 Å². The molecule has 5 N–H and O–H groups in total. The number of rotatable bonds is 11. The average Bonchev–Trinajstić information content (AvgIpc) is 3.58. The number of nitrogens with zero attached hydrogens (tertiary/aromatic N) is 2. The SMILES string of the molecule is COCCS(=O)(=O)C(C(=O)NCC(=O)NC1CC1)c1nc2cc(F)c(-c3cnc(CO)c(N)c3)cc2s1. The Hall–Kier alpha value is -3.20. The lowest BCUT2D eigenvalue weighted by molar-refractivity contribution is -0.126. The Morgan fingerprint density at radius 3 is 2.73 bits per heavy atom. The van der Waals surface area contributed by atoms with Crippen LogP contribution in [0.4, 0.5) is 10.1 Å². The van der Waals surface area contributed by atoms with Gasteiger partial charge >= 0.3 is 0 Å². The number of aromatic nitrogens is 2. The van der Waals surface area contributed by atoms with Gasteiger partial charge in [-0.3, -0.25) is 14.6 Å². The maximum absolute atomic E-state index is 15.0. The normalized spacial score (nSPS) is 14.5. The molecule has 0 saturated heterocycles. The molecule has 1 aliphatic rings. The van der Waals surface area contributed by atoms with E-state index in [4.69, 9.17) is 10.5 Å². The number of nitrogens with one attached hydrogen (secondary N) is 2. The molecule has 2 amide bonds. The molecule has 0 bridgehead atoms. The van der Waals surface area contributed by atoms with Crippen LogP contribution in [0.15, 0.2) is 24.4 Å². The molecule has 1 atom stereocenters. The van der Waals surface area contributed by atoms with E-state index in [9.17, 15) is 27.5 Å². The zero-order valence-electron chi connectivity index (χ0n) is 19.9. The second kappa shape index (κ2) is 11.0. The van der Waals surface area contributed by atoms with Crippen molar-refractivity contribution in [2.24, 2.45) is 0 Å². The molecule has 1 aliphatic carbocycles. The molecule has 4 rings (SSSR count). The summed E-state index contributed by atoms with van der Waals surface area (Å²) in [6.07, 6.45) is 3.10. The zero-order chi connectivity index (χ0) is 26.7. The number of hydrogen-bond acceptors (Lipinski definition) is 10. The zero-order valence-corrected chi connectivity index (χ0v) is 21.5. The van der Waals surface area contributed by atoms with Crippen molar-refractivity contribution in [1.82, 2.24) is 20.6 Å². The number of hydrogen-bond donors (Lipinski definition) is 4. The minimum absolute atomic E-state index is 0.0592. The number of carbonyl (C=O) groups is 2. The summed E-state index contributed by atoms with van der Waals surface area (Å²) in [7, 11) is -2.76. The third-order valence-corrected chi connectivity index (χ3v) is 8.84. The van der Waals surface area contributed by atoms with Crippen molar-refractivity contribution in [2.45, 2.75) is 30.7 Å². The van der Waals surface area contributed by atoms with E-state index in [0.717, 1.165) is 30.2 Å². The fourth-order valence-electron chi connectivity index (χ4n) is 3.60. The molecular weight excluding hydrogens is 525 g/mol. The number of pyridine rings is 1. The average molecular weight is 552 g/mol. The molecule has 11 nitrogen and oxygen atoms in total. The molecule has 0 radical (unpaired) electrons. The first-order valence-electron chi connectivity index (χ1n) is 11.4. The number of aliphatic hydroxyl groups excluding tert-OH is 1. The van der Waals surface area contributed by atoms with Crippen molar-refractivity contribution < 1.29 is 32.2 Å². The van der Waals surface area contributed by atoms with Crippen LogP contribution in [0.25, 0.3) is 21.3 Å². The summed E-state index contributed by atoms with van der Waals surface area (Å²) in [5, 5.41) is 12.6. The molecule has 0 aliphatic heterocycles. The predicted molar refractivity (Wildman–Crippen MR) is 136 cm³/mol. The van der Waals surface area contributed by atoms with E-state index in [1.54, 1.807) is 0 Å². The van der Waals surface area contributed by atoms with Gasteiger partial charge in [-0.05, 0) is 25.0 Å². The van der Waals surface area contributed by atoms with Gasteiger partial charge in [-0.15, -0.1) is 11.3 Å². The van der Waals surface area contributed by atoms with E-state index in [2.05, 4.69) is 20.6 Å². The van der Waals surface area contributed by atoms with Crippen molar-refractivity contribution in [2.75, 3.05) is 31.7 Å². The van der Waals surface area contributed by atoms with E-state index < -0.39 is 38.5 Å². The van der Waals surface area contributed by atoms with Gasteiger partial charge in [-0.2, -0.15) is 0 Å². The quantitative estimate of drug-likeness (QED) is 0.272. The summed E-state index contributed by atoms with van der Waals surface area (Å²) >= 11 is 0.928. The van der Waals surface area contributed by atoms with Gasteiger partial charge in [-0.25, -0.2) is 17.8 Å². The predicted octanol–water partition coefficient (Wildman–Crippen LogP) is 1.07. The smallest absolute Gasteiger partial charge is 0.245 e. The molecule has 3 aromatic rings. The van der Waals surface area contributed by atoms with E-state index in [-0.39, 0.29) is 53.3 Å². The molecule has 2 aromatic heterocycles. The number of nitrogen functional groups attached to an aromatic ring is 1. The molecule has 1 unspecified atom stereocenters. The number of halogens is 1. The Balaban J connectivity index is 1.67. The summed E-state index contributed by atoms with van der Waals surface area (Å²) < 4.78 is 46.5. The number of sulfone groups is 1. The summed E-state index contributed by atoms with van der Waals surface area (Å²) in [6.45, 7) is -0.890. The van der Waals surface area contributed by atoms with Crippen LogP contribution in [-0.4, -0.2) is 67.4 Å². The van der Waals surface area contributed by atoms with Crippen molar-refractivity contribution in [3.63, 3.8) is 0 Å². The van der Waals surface area contributed by atoms with Crippen LogP contribution in [-0.2, 0) is 30.8 Å². The highest BCUT2D eigenvalue weighted by Crippen LogP contribution is 2.36. The van der Waals surface area contributed by atoms with Crippen molar-refractivity contribution in [3.8, 4) is 11.1 Å². The maximum Gasteiger partial charge on any atom is 0.245 e. The number of anilines is 1. The number of methoxy groups -OCH3 is 1. The van der Waals surface area contributed by atoms with Gasteiger partial charge in [0.25, 0.3) is 0 Å². The van der Waals surface area contributed by atoms with E-state index in [1.807, 2.05) is 0 Å². The van der Waals surface area contributed by atoms with Crippen LogP contribution in [0.5, 0.6) is 0 Å². The van der Waals surface area contributed by atoms with Crippen LogP contribution >= 0.6 is 11.3 Å². The third-order valence-electron chi connectivity index (χ3n) is 5.72. The highest BCUT2D eigenvalue weighted by Gasteiger charge is 2.37. The van der Waals surface area contributed by atoms with Crippen LogP contribution in [0.2, 0.25) is 0 Å². The lowest BCUT2D eigenvalue weighted by Gasteiger charge is -2.15. The largest absolute Gasteiger partial charge is 0.397 e. The van der Waals surface area contributed by atoms with E-state index in [1.165, 1.54) is 25.4 Å². The molecule has 1 aromatic carbocycles. The Morgan fingerprint density at radius 2 is 2.08 bits per heavy atom. The van der Waals surface area contributed by atoms with E-state index >= 15 is 0 Å². The number of benzene rings is 1. The van der Waals surface area contributed by atoms with Gasteiger partial charge in [0.05, 0.1) is 47.1 Å². The third kappa shape index (κ3) is 6.21. The van der Waals surface area contributed by atoms with E-state index in [0.29, 0.717) is 10.3 Å². The summed E-state index contributed by atoms with van der Waals surface area (Å²) in [5.74, 6) is -2.42. The Labute approximate surface area is 216 Å². The molecule has 14 heteroatoms. The minimum Gasteiger partial charge on any atom is -0.397 e. The highest BCUT2D eigenvalue weighted by molar-refractivity contribution is 7.92. The highest BCUT2D eigenvalue weighted by atomic mass is 32.2. The van der Waals surface area contributed by atoms with Gasteiger partial charge in [-0.1, -0.05) is 0 Å². The second-order valence-corrected chi connectivity index (χ2v) is 11.8. The molecular formula is C23H26FN5O6S2. The Kier molecular flexibility index (Phi) is 8.02. The fraction of sp³-hybridized carbons (Fsp3) is 0.391. The number of amides is 2. The van der Waals surface area contributed by atoms with Crippen LogP contribution in [0.1, 0.15) is 28.8 Å². The number of nitrogens with two attached hydrogens (primary N) is 1. The molecule has 198 valence electrons. The first kappa shape index (κ1) is 26.9. The van der Waals surface area contributed by atoms with Crippen molar-refractivity contribution >= 4 is 48.9 Å².